The van der Waals surface area contributed by atoms with Gasteiger partial charge in [0.25, 0.3) is 28.5 Å². The van der Waals surface area contributed by atoms with Gasteiger partial charge in [0.1, 0.15) is 30.9 Å². The first kappa shape index (κ1) is 62.4. The number of rotatable bonds is 22. The van der Waals surface area contributed by atoms with Gasteiger partial charge < -0.3 is 56.3 Å². The van der Waals surface area contributed by atoms with Gasteiger partial charge in [0.2, 0.25) is 0 Å². The van der Waals surface area contributed by atoms with E-state index in [-0.39, 0.29) is 61.0 Å². The molecular formula is C55H68N8O18P2S2. The van der Waals surface area contributed by atoms with Crippen molar-refractivity contribution < 1.29 is 56.0 Å². The summed E-state index contributed by atoms with van der Waals surface area (Å²) in [4.78, 5) is 115. The van der Waals surface area contributed by atoms with Gasteiger partial charge >= 0.3 is 30.5 Å². The highest BCUT2D eigenvalue weighted by Crippen LogP contribution is 2.57. The van der Waals surface area contributed by atoms with Crippen LogP contribution in [0.15, 0.2) is 108 Å². The average molecular weight is 1260 g/mol. The van der Waals surface area contributed by atoms with Crippen molar-refractivity contribution in [3.05, 3.63) is 170 Å². The number of nitrogens with zero attached hydrogens (tertiary/aromatic N) is 5. The van der Waals surface area contributed by atoms with Crippen LogP contribution in [0.2, 0.25) is 0 Å². The number of hydrogen-bond donors (Lipinski definition) is 4. The predicted octanol–water partition coefficient (Wildman–Crippen LogP) is 4.09. The molecule has 0 spiro atoms. The molecule has 8 heterocycles. The van der Waals surface area contributed by atoms with Gasteiger partial charge in [0.05, 0.1) is 62.9 Å². The molecule has 5 aromatic rings. The third kappa shape index (κ3) is 14.3. The van der Waals surface area contributed by atoms with E-state index in [0.29, 0.717) is 56.3 Å². The van der Waals surface area contributed by atoms with Gasteiger partial charge in [-0.05, 0) is 101 Å². The molecule has 2 aromatic carbocycles. The summed E-state index contributed by atoms with van der Waals surface area (Å²) in [5.74, 6) is -0.417. The maximum absolute atomic E-state index is 13.9. The second kappa shape index (κ2) is 26.7. The number of aromatic nitrogens is 6. The van der Waals surface area contributed by atoms with Crippen LogP contribution in [0.25, 0.3) is 0 Å². The van der Waals surface area contributed by atoms with Crippen molar-refractivity contribution >= 4 is 48.9 Å². The Labute approximate surface area is 496 Å². The molecule has 0 radical (unpaired) electrons. The highest BCUT2D eigenvalue weighted by atomic mass is 32.5. The van der Waals surface area contributed by atoms with Gasteiger partial charge in [-0.3, -0.25) is 52.6 Å². The number of amides is 2. The number of aryl methyl sites for hydroxylation is 3. The van der Waals surface area contributed by atoms with Crippen LogP contribution >= 0.6 is 13.4 Å². The van der Waals surface area contributed by atoms with Crippen LogP contribution in [0, 0.1) is 20.8 Å². The minimum Gasteiger partial charge on any atom is -0.390 e. The van der Waals surface area contributed by atoms with Crippen LogP contribution in [-0.4, -0.2) is 144 Å². The molecule has 30 heteroatoms. The first-order valence-electron chi connectivity index (χ1n) is 28.2. The number of aromatic amines is 3. The molecule has 4 N–H and O–H groups in total. The zero-order valence-electron chi connectivity index (χ0n) is 47.1. The minimum absolute atomic E-state index is 0.0658. The molecule has 10 rings (SSSR count). The lowest BCUT2D eigenvalue weighted by molar-refractivity contribution is -0.0565. The van der Waals surface area contributed by atoms with Gasteiger partial charge in [-0.15, -0.1) is 0 Å². The van der Waals surface area contributed by atoms with Crippen molar-refractivity contribution in [1.29, 1.82) is 0 Å². The number of carbonyl (C=O) groups excluding carboxylic acids is 2. The zero-order chi connectivity index (χ0) is 60.3. The van der Waals surface area contributed by atoms with E-state index >= 15 is 0 Å². The lowest BCUT2D eigenvalue weighted by atomic mass is 10.1. The maximum atomic E-state index is 13.9. The summed E-state index contributed by atoms with van der Waals surface area (Å²) < 4.78 is 62.7. The fraction of sp³-hybridized carbons (Fsp3) is 0.527. The molecule has 0 saturated carbocycles. The molecule has 5 aliphatic rings. The summed E-state index contributed by atoms with van der Waals surface area (Å²) >= 11 is 12.6. The highest BCUT2D eigenvalue weighted by Gasteiger charge is 2.47. The summed E-state index contributed by atoms with van der Waals surface area (Å²) in [6.07, 6.45) is -2.37. The Morgan fingerprint density at radius 1 is 0.553 bits per heavy atom. The van der Waals surface area contributed by atoms with Crippen molar-refractivity contribution in [2.24, 2.45) is 0 Å². The maximum Gasteiger partial charge on any atom is 0.330 e. The Balaban J connectivity index is 0.951. The van der Waals surface area contributed by atoms with E-state index < -0.39 is 128 Å². The predicted molar refractivity (Wildman–Crippen MR) is 313 cm³/mol. The van der Waals surface area contributed by atoms with E-state index in [4.69, 9.17) is 65.0 Å². The molecule has 0 bridgehead atoms. The van der Waals surface area contributed by atoms with E-state index in [1.54, 1.807) is 65.3 Å². The molecule has 26 nitrogen and oxygen atoms in total. The molecule has 13 atom stereocenters. The minimum atomic E-state index is -4.12. The number of carbonyl (C=O) groups is 2. The average Bonchev–Trinajstić information content (AvgIpc) is 4.19. The molecular weight excluding hydrogens is 1190 g/mol. The summed E-state index contributed by atoms with van der Waals surface area (Å²) in [5, 5.41) is 11.4. The van der Waals surface area contributed by atoms with Crippen molar-refractivity contribution in [1.82, 2.24) is 38.5 Å². The second-order valence-corrected chi connectivity index (χ2v) is 27.6. The standard InChI is InChI=1S/C55H68N8O18P2S2/c1-5-40-41(23-46(77-40)62-26-33(3)49(66)57-54(62)71)80-83(85,74-29-38-19-13-21-60(38)52(69)36-16-10-7-11-17-36)76-31-44-42(24-47(79-44)63-27-34(4)50(67)58-55(63)72)81-82(84,73-28-37-18-12-20-59(37)51(68)35-14-8-6-9-15-35)75-30-43-39(64)22-45(78-43)61-25-32(2)48(65)56-53(61)70/h6-11,14-17,25-27,37-47,64H,5,12-13,18-24,28-31H2,1-4H3,(H,56,65,70)(H,57,66,71)(H,58,67,72). The lowest BCUT2D eigenvalue weighted by Gasteiger charge is -2.32. The number of hydrogen-bond acceptors (Lipinski definition) is 20. The van der Waals surface area contributed by atoms with Gasteiger partial charge in [-0.25, -0.2) is 14.4 Å². The highest BCUT2D eigenvalue weighted by molar-refractivity contribution is 8.07. The Bertz CT molecular complexity index is 3710. The molecule has 13 unspecified atom stereocenters. The van der Waals surface area contributed by atoms with E-state index in [2.05, 4.69) is 15.0 Å². The fourth-order valence-electron chi connectivity index (χ4n) is 11.2. The van der Waals surface area contributed by atoms with Crippen LogP contribution in [-0.2, 0) is 65.0 Å². The molecule has 458 valence electrons. The molecule has 0 aliphatic carbocycles. The third-order valence-electron chi connectivity index (χ3n) is 15.8. The molecule has 5 fully saturated rings. The van der Waals surface area contributed by atoms with Gasteiger partial charge in [-0.1, -0.05) is 43.3 Å². The van der Waals surface area contributed by atoms with E-state index in [1.165, 1.54) is 46.1 Å². The fourth-order valence-corrected chi connectivity index (χ4v) is 15.4. The normalized spacial score (nSPS) is 27.3. The summed E-state index contributed by atoms with van der Waals surface area (Å²) in [5.41, 5.74) is -2.27. The second-order valence-electron chi connectivity index (χ2n) is 21.7. The van der Waals surface area contributed by atoms with Crippen molar-refractivity contribution in [2.75, 3.05) is 39.5 Å². The molecule has 85 heavy (non-hydrogen) atoms. The Kier molecular flexibility index (Phi) is 19.6. The van der Waals surface area contributed by atoms with Crippen LogP contribution in [0.1, 0.15) is 114 Å². The van der Waals surface area contributed by atoms with Crippen molar-refractivity contribution in [3.63, 3.8) is 0 Å². The molecule has 2 amide bonds. The number of aliphatic hydroxyl groups excluding tert-OH is 1. The monoisotopic (exact) mass is 1250 g/mol. The molecule has 3 aromatic heterocycles. The van der Waals surface area contributed by atoms with Crippen LogP contribution in [0.5, 0.6) is 0 Å². The SMILES string of the molecule is CCC1OC(n2cc(C)c(=O)[nH]c2=O)CC1OP(=S)(OCC1OC(n2cc(C)c(=O)[nH]c2=O)CC1OP(=S)(OCC1OC(n2cc(C)c(=O)[nH]c2=O)CC1O)OCC1CCCN1C(=O)c1ccccc1)OCC1CCCN1C(=O)c1ccccc1. The lowest BCUT2D eigenvalue weighted by Crippen LogP contribution is -2.38. The largest absolute Gasteiger partial charge is 0.390 e. The van der Waals surface area contributed by atoms with Gasteiger partial charge in [0, 0.05) is 78.8 Å². The number of nitrogens with one attached hydrogen (secondary N) is 3. The van der Waals surface area contributed by atoms with E-state index in [1.807, 2.05) is 19.1 Å². The van der Waals surface area contributed by atoms with Gasteiger partial charge in [-0.2, -0.15) is 0 Å². The molecule has 5 aliphatic heterocycles. The Morgan fingerprint density at radius 2 is 0.918 bits per heavy atom. The van der Waals surface area contributed by atoms with Crippen molar-refractivity contribution in [3.8, 4) is 0 Å². The quantitative estimate of drug-likeness (QED) is 0.0709. The van der Waals surface area contributed by atoms with Gasteiger partial charge in [0.15, 0.2) is 0 Å². The number of ether oxygens (including phenoxy) is 3. The Morgan fingerprint density at radius 3 is 1.34 bits per heavy atom. The van der Waals surface area contributed by atoms with Crippen molar-refractivity contribution in [2.45, 2.75) is 146 Å². The van der Waals surface area contributed by atoms with Crippen LogP contribution < -0.4 is 33.7 Å². The summed E-state index contributed by atoms with van der Waals surface area (Å²) in [6.45, 7) is -1.93. The van der Waals surface area contributed by atoms with E-state index in [9.17, 15) is 43.5 Å². The van der Waals surface area contributed by atoms with Crippen LogP contribution in [0.4, 0.5) is 0 Å². The molecule has 5 saturated heterocycles. The van der Waals surface area contributed by atoms with Crippen LogP contribution in [0.3, 0.4) is 0 Å². The van der Waals surface area contributed by atoms with E-state index in [0.717, 1.165) is 0 Å². The summed E-state index contributed by atoms with van der Waals surface area (Å²) in [6, 6.07) is 16.7. The smallest absolute Gasteiger partial charge is 0.330 e. The number of likely N-dealkylation sites (tertiary alicyclic amines) is 2. The number of H-pyrrole nitrogens is 3. The summed E-state index contributed by atoms with van der Waals surface area (Å²) in [7, 11) is 0. The Hall–Kier alpha value is -5.68. The first-order chi connectivity index (χ1) is 40.7. The zero-order valence-corrected chi connectivity index (χ0v) is 50.5. The topological polar surface area (TPSA) is 308 Å². The number of aliphatic hydroxyl groups is 1. The first-order valence-corrected chi connectivity index (χ1v) is 33.3. The number of benzene rings is 2. The third-order valence-corrected chi connectivity index (χ3v) is 20.5.